The highest BCUT2D eigenvalue weighted by molar-refractivity contribution is 7.88. The molecule has 2 aliphatic heterocycles. The maximum Gasteiger partial charge on any atom is 0.211 e. The summed E-state index contributed by atoms with van der Waals surface area (Å²) in [6, 6.07) is 14.1. The van der Waals surface area contributed by atoms with Gasteiger partial charge >= 0.3 is 0 Å². The molecule has 2 saturated heterocycles. The Bertz CT molecular complexity index is 806. The number of hydrogen-bond acceptors (Lipinski definition) is 5. The molecular formula is C20H28N4O2S. The highest BCUT2D eigenvalue weighted by atomic mass is 32.2. The standard InChI is InChI=1S/C20H28N4O2S/c1-27(25,26)24-14-20(15-24,9-10-21)23-11-7-17(8-12-23)22-19-13-18(19)16-5-3-2-4-6-16/h2-6,17-19,22H,7-9,11-15H2,1H3/t18?,19-/m1/s1. The van der Waals surface area contributed by atoms with Crippen molar-refractivity contribution in [3.8, 4) is 6.07 Å². The van der Waals surface area contributed by atoms with E-state index in [9.17, 15) is 13.7 Å². The van der Waals surface area contributed by atoms with Gasteiger partial charge in [0.2, 0.25) is 10.0 Å². The first-order valence-corrected chi connectivity index (χ1v) is 11.6. The fourth-order valence-electron chi connectivity index (χ4n) is 4.69. The number of rotatable bonds is 6. The zero-order valence-corrected chi connectivity index (χ0v) is 16.7. The zero-order chi connectivity index (χ0) is 19.1. The molecule has 0 radical (unpaired) electrons. The van der Waals surface area contributed by atoms with E-state index in [4.69, 9.17) is 0 Å². The van der Waals surface area contributed by atoms with Crippen LogP contribution in [0.25, 0.3) is 0 Å². The molecular weight excluding hydrogens is 360 g/mol. The number of sulfonamides is 1. The van der Waals surface area contributed by atoms with Crippen molar-refractivity contribution in [1.29, 1.82) is 5.26 Å². The van der Waals surface area contributed by atoms with Crippen molar-refractivity contribution in [1.82, 2.24) is 14.5 Å². The topological polar surface area (TPSA) is 76.4 Å². The molecule has 3 aliphatic rings. The first-order valence-electron chi connectivity index (χ1n) is 9.79. The van der Waals surface area contributed by atoms with Gasteiger partial charge in [-0.25, -0.2) is 8.42 Å². The Labute approximate surface area is 162 Å². The van der Waals surface area contributed by atoms with E-state index >= 15 is 0 Å². The molecule has 0 amide bonds. The van der Waals surface area contributed by atoms with Crippen LogP contribution in [0.2, 0.25) is 0 Å². The third kappa shape index (κ3) is 3.90. The number of nitrogens with one attached hydrogen (secondary N) is 1. The van der Waals surface area contributed by atoms with E-state index in [2.05, 4.69) is 46.6 Å². The molecule has 1 aromatic rings. The van der Waals surface area contributed by atoms with Crippen LogP contribution < -0.4 is 5.32 Å². The molecule has 2 heterocycles. The van der Waals surface area contributed by atoms with Gasteiger partial charge in [0.1, 0.15) is 0 Å². The summed E-state index contributed by atoms with van der Waals surface area (Å²) in [5.74, 6) is 0.643. The van der Waals surface area contributed by atoms with Crippen LogP contribution in [-0.2, 0) is 10.0 Å². The second kappa shape index (κ2) is 7.17. The zero-order valence-electron chi connectivity index (χ0n) is 15.8. The number of hydrogen-bond donors (Lipinski definition) is 1. The van der Waals surface area contributed by atoms with Crippen LogP contribution in [0.1, 0.15) is 37.2 Å². The average molecular weight is 389 g/mol. The van der Waals surface area contributed by atoms with Crippen molar-refractivity contribution < 1.29 is 8.42 Å². The molecule has 1 unspecified atom stereocenters. The van der Waals surface area contributed by atoms with E-state index in [1.165, 1.54) is 22.5 Å². The lowest BCUT2D eigenvalue weighted by molar-refractivity contribution is -0.0253. The van der Waals surface area contributed by atoms with Crippen molar-refractivity contribution in [3.63, 3.8) is 0 Å². The summed E-state index contributed by atoms with van der Waals surface area (Å²) in [4.78, 5) is 2.36. The molecule has 1 aromatic carbocycles. The monoisotopic (exact) mass is 388 g/mol. The molecule has 7 heteroatoms. The van der Waals surface area contributed by atoms with E-state index in [0.717, 1.165) is 25.9 Å². The normalized spacial score (nSPS) is 29.0. The second-order valence-electron chi connectivity index (χ2n) is 8.38. The highest BCUT2D eigenvalue weighted by Crippen LogP contribution is 2.42. The maximum absolute atomic E-state index is 11.7. The van der Waals surface area contributed by atoms with Crippen molar-refractivity contribution in [2.24, 2.45) is 0 Å². The maximum atomic E-state index is 11.7. The van der Waals surface area contributed by atoms with Gasteiger partial charge in [0.25, 0.3) is 0 Å². The number of benzene rings is 1. The number of likely N-dealkylation sites (tertiary alicyclic amines) is 1. The van der Waals surface area contributed by atoms with Crippen molar-refractivity contribution in [2.75, 3.05) is 32.4 Å². The van der Waals surface area contributed by atoms with Gasteiger partial charge in [0, 0.05) is 44.2 Å². The summed E-state index contributed by atoms with van der Waals surface area (Å²) in [5.41, 5.74) is 1.14. The van der Waals surface area contributed by atoms with Crippen LogP contribution in [0.4, 0.5) is 0 Å². The molecule has 4 rings (SSSR count). The molecule has 1 N–H and O–H groups in total. The molecule has 146 valence electrons. The van der Waals surface area contributed by atoms with Crippen LogP contribution in [-0.4, -0.2) is 67.7 Å². The van der Waals surface area contributed by atoms with E-state index in [0.29, 0.717) is 37.5 Å². The molecule has 1 aliphatic carbocycles. The van der Waals surface area contributed by atoms with Gasteiger partial charge in [-0.15, -0.1) is 0 Å². The number of nitrogens with zero attached hydrogens (tertiary/aromatic N) is 3. The Morgan fingerprint density at radius 2 is 1.89 bits per heavy atom. The average Bonchev–Trinajstić information content (AvgIpc) is 3.37. The van der Waals surface area contributed by atoms with Crippen LogP contribution in [0.3, 0.4) is 0 Å². The second-order valence-corrected chi connectivity index (χ2v) is 10.4. The first-order chi connectivity index (χ1) is 12.9. The smallest absolute Gasteiger partial charge is 0.211 e. The molecule has 6 nitrogen and oxygen atoms in total. The molecule has 0 aromatic heterocycles. The summed E-state index contributed by atoms with van der Waals surface area (Å²) in [5, 5.41) is 13.1. The Morgan fingerprint density at radius 3 is 2.48 bits per heavy atom. The predicted molar refractivity (Wildman–Crippen MR) is 105 cm³/mol. The van der Waals surface area contributed by atoms with Gasteiger partial charge in [0.05, 0.1) is 24.3 Å². The summed E-state index contributed by atoms with van der Waals surface area (Å²) >= 11 is 0. The lowest BCUT2D eigenvalue weighted by atomic mass is 9.84. The number of piperidine rings is 1. The summed E-state index contributed by atoms with van der Waals surface area (Å²) in [6.45, 7) is 2.77. The van der Waals surface area contributed by atoms with Gasteiger partial charge in [-0.1, -0.05) is 30.3 Å². The lowest BCUT2D eigenvalue weighted by Crippen LogP contribution is -2.72. The molecule has 3 fully saturated rings. The van der Waals surface area contributed by atoms with E-state index < -0.39 is 10.0 Å². The molecule has 0 bridgehead atoms. The van der Waals surface area contributed by atoms with Crippen molar-refractivity contribution in [3.05, 3.63) is 35.9 Å². The highest BCUT2D eigenvalue weighted by Gasteiger charge is 2.51. The van der Waals surface area contributed by atoms with Crippen LogP contribution in [0, 0.1) is 11.3 Å². The molecule has 2 atom stereocenters. The molecule has 1 saturated carbocycles. The lowest BCUT2D eigenvalue weighted by Gasteiger charge is -2.55. The fourth-order valence-corrected chi connectivity index (χ4v) is 5.64. The molecule has 0 spiro atoms. The predicted octanol–water partition coefficient (Wildman–Crippen LogP) is 1.52. The van der Waals surface area contributed by atoms with Gasteiger partial charge in [-0.3, -0.25) is 4.90 Å². The van der Waals surface area contributed by atoms with E-state index in [-0.39, 0.29) is 5.54 Å². The van der Waals surface area contributed by atoms with Gasteiger partial charge < -0.3 is 5.32 Å². The Hall–Kier alpha value is -1.46. The van der Waals surface area contributed by atoms with E-state index in [1.807, 2.05) is 0 Å². The first kappa shape index (κ1) is 18.9. The minimum absolute atomic E-state index is 0.283. The van der Waals surface area contributed by atoms with Gasteiger partial charge in [-0.2, -0.15) is 9.57 Å². The Kier molecular flexibility index (Phi) is 5.02. The summed E-state index contributed by atoms with van der Waals surface area (Å²) < 4.78 is 25.0. The van der Waals surface area contributed by atoms with Crippen LogP contribution in [0.15, 0.2) is 30.3 Å². The third-order valence-electron chi connectivity index (χ3n) is 6.45. The van der Waals surface area contributed by atoms with Gasteiger partial charge in [0.15, 0.2) is 0 Å². The Balaban J connectivity index is 1.28. The molecule has 27 heavy (non-hydrogen) atoms. The fraction of sp³-hybridized carbons (Fsp3) is 0.650. The summed E-state index contributed by atoms with van der Waals surface area (Å²) in [6.07, 6.45) is 4.98. The minimum Gasteiger partial charge on any atom is -0.311 e. The van der Waals surface area contributed by atoms with Crippen molar-refractivity contribution in [2.45, 2.75) is 49.2 Å². The Morgan fingerprint density at radius 1 is 1.22 bits per heavy atom. The van der Waals surface area contributed by atoms with Crippen LogP contribution >= 0.6 is 0 Å². The van der Waals surface area contributed by atoms with Crippen LogP contribution in [0.5, 0.6) is 0 Å². The third-order valence-corrected chi connectivity index (χ3v) is 7.65. The van der Waals surface area contributed by atoms with Gasteiger partial charge in [-0.05, 0) is 24.8 Å². The number of nitriles is 1. The SMILES string of the molecule is CS(=O)(=O)N1CC(CC#N)(N2CCC(N[C@@H]3CC3c3ccccc3)CC2)C1. The van der Waals surface area contributed by atoms with E-state index in [1.54, 1.807) is 0 Å². The summed E-state index contributed by atoms with van der Waals surface area (Å²) in [7, 11) is -3.16. The largest absolute Gasteiger partial charge is 0.311 e. The van der Waals surface area contributed by atoms with Crippen molar-refractivity contribution >= 4 is 10.0 Å². The minimum atomic E-state index is -3.16. The quantitative estimate of drug-likeness (QED) is 0.800.